The summed E-state index contributed by atoms with van der Waals surface area (Å²) < 4.78 is 17.1. The summed E-state index contributed by atoms with van der Waals surface area (Å²) in [4.78, 5) is 4.63. The molecule has 4 rings (SSSR count). The molecule has 0 aliphatic heterocycles. The summed E-state index contributed by atoms with van der Waals surface area (Å²) >= 11 is 0. The number of methoxy groups -OCH3 is 1. The summed E-state index contributed by atoms with van der Waals surface area (Å²) in [5.74, 6) is 1.92. The molecule has 0 N–H and O–H groups in total. The molecule has 142 valence electrons. The Kier molecular flexibility index (Phi) is 5.02. The minimum absolute atomic E-state index is 0.458. The molecule has 28 heavy (non-hydrogen) atoms. The Balaban J connectivity index is 1.60. The number of fused-ring (bicyclic) bond motifs is 3. The van der Waals surface area contributed by atoms with E-state index >= 15 is 0 Å². The smallest absolute Gasteiger partial charge is 0.161 e. The first-order valence-electron chi connectivity index (χ1n) is 9.40. The van der Waals surface area contributed by atoms with Gasteiger partial charge in [-0.25, -0.2) is 0 Å². The zero-order valence-corrected chi connectivity index (χ0v) is 16.3. The third-order valence-corrected chi connectivity index (χ3v) is 4.48. The van der Waals surface area contributed by atoms with Gasteiger partial charge in [0.2, 0.25) is 0 Å². The SMILES string of the molecule is COc1cc(C=Nc2ccc3oc4ccccc4c3c2)ccc1OCC(C)C. The van der Waals surface area contributed by atoms with Crippen molar-refractivity contribution in [3.8, 4) is 11.5 Å². The van der Waals surface area contributed by atoms with Crippen LogP contribution in [0.25, 0.3) is 21.9 Å². The second kappa shape index (κ2) is 7.77. The van der Waals surface area contributed by atoms with E-state index < -0.39 is 0 Å². The molecule has 0 aliphatic carbocycles. The van der Waals surface area contributed by atoms with Crippen LogP contribution in [-0.2, 0) is 0 Å². The van der Waals surface area contributed by atoms with E-state index in [1.165, 1.54) is 0 Å². The first-order valence-corrected chi connectivity index (χ1v) is 9.40. The molecular formula is C24H23NO3. The van der Waals surface area contributed by atoms with Crippen molar-refractivity contribution in [1.29, 1.82) is 0 Å². The number of rotatable bonds is 6. The van der Waals surface area contributed by atoms with Crippen LogP contribution in [0.1, 0.15) is 19.4 Å². The molecule has 0 spiro atoms. The maximum absolute atomic E-state index is 5.87. The van der Waals surface area contributed by atoms with Crippen LogP contribution < -0.4 is 9.47 Å². The fourth-order valence-corrected chi connectivity index (χ4v) is 3.08. The highest BCUT2D eigenvalue weighted by molar-refractivity contribution is 6.06. The second-order valence-corrected chi connectivity index (χ2v) is 7.15. The van der Waals surface area contributed by atoms with Crippen molar-refractivity contribution in [1.82, 2.24) is 0 Å². The zero-order valence-electron chi connectivity index (χ0n) is 16.3. The van der Waals surface area contributed by atoms with E-state index in [-0.39, 0.29) is 0 Å². The van der Waals surface area contributed by atoms with Crippen molar-refractivity contribution in [2.45, 2.75) is 13.8 Å². The highest BCUT2D eigenvalue weighted by Crippen LogP contribution is 2.32. The lowest BCUT2D eigenvalue weighted by Crippen LogP contribution is -2.05. The van der Waals surface area contributed by atoms with Gasteiger partial charge in [-0.05, 0) is 53.9 Å². The largest absolute Gasteiger partial charge is 0.493 e. The Morgan fingerprint density at radius 1 is 0.929 bits per heavy atom. The summed E-state index contributed by atoms with van der Waals surface area (Å²) in [6.07, 6.45) is 1.83. The number of hydrogen-bond donors (Lipinski definition) is 0. The molecule has 0 unspecified atom stereocenters. The van der Waals surface area contributed by atoms with E-state index in [0.717, 1.165) is 38.9 Å². The minimum Gasteiger partial charge on any atom is -0.493 e. The molecule has 1 aromatic heterocycles. The number of ether oxygens (including phenoxy) is 2. The van der Waals surface area contributed by atoms with Crippen molar-refractivity contribution >= 4 is 33.8 Å². The lowest BCUT2D eigenvalue weighted by molar-refractivity contribution is 0.257. The average molecular weight is 373 g/mol. The first-order chi connectivity index (χ1) is 13.6. The standard InChI is InChI=1S/C24H23NO3/c1-16(2)15-27-23-10-8-17(12-24(23)26-3)14-25-18-9-11-22-20(13-18)19-6-4-5-7-21(19)28-22/h4-14,16H,15H2,1-3H3. The van der Waals surface area contributed by atoms with E-state index in [1.54, 1.807) is 7.11 Å². The molecule has 4 nitrogen and oxygen atoms in total. The number of furan rings is 1. The third kappa shape index (κ3) is 3.72. The summed E-state index contributed by atoms with van der Waals surface area (Å²) in [7, 11) is 1.65. The zero-order chi connectivity index (χ0) is 19.5. The Bertz CT molecular complexity index is 1140. The van der Waals surface area contributed by atoms with Gasteiger partial charge in [0.1, 0.15) is 11.2 Å². The van der Waals surface area contributed by atoms with Gasteiger partial charge in [0, 0.05) is 17.0 Å². The Morgan fingerprint density at radius 3 is 2.57 bits per heavy atom. The molecule has 0 radical (unpaired) electrons. The van der Waals surface area contributed by atoms with E-state index in [0.29, 0.717) is 18.3 Å². The molecule has 0 fully saturated rings. The predicted octanol–water partition coefficient (Wildman–Crippen LogP) is 6.38. The minimum atomic E-state index is 0.458. The second-order valence-electron chi connectivity index (χ2n) is 7.15. The lowest BCUT2D eigenvalue weighted by atomic mass is 10.1. The monoisotopic (exact) mass is 373 g/mol. The molecule has 1 heterocycles. The van der Waals surface area contributed by atoms with Crippen molar-refractivity contribution in [2.75, 3.05) is 13.7 Å². The van der Waals surface area contributed by atoms with Gasteiger partial charge in [0.25, 0.3) is 0 Å². The first kappa shape index (κ1) is 18.1. The fourth-order valence-electron chi connectivity index (χ4n) is 3.08. The average Bonchev–Trinajstić information content (AvgIpc) is 3.09. The van der Waals surface area contributed by atoms with Gasteiger partial charge in [0.05, 0.1) is 19.4 Å². The molecule has 0 bridgehead atoms. The third-order valence-electron chi connectivity index (χ3n) is 4.48. The van der Waals surface area contributed by atoms with Crippen LogP contribution in [-0.4, -0.2) is 19.9 Å². The quantitative estimate of drug-likeness (QED) is 0.368. The van der Waals surface area contributed by atoms with Crippen LogP contribution in [0.3, 0.4) is 0 Å². The molecule has 4 heteroatoms. The van der Waals surface area contributed by atoms with Crippen LogP contribution in [0.4, 0.5) is 5.69 Å². The van der Waals surface area contributed by atoms with Crippen molar-refractivity contribution in [3.63, 3.8) is 0 Å². The highest BCUT2D eigenvalue weighted by atomic mass is 16.5. The maximum atomic E-state index is 5.87. The summed E-state index contributed by atoms with van der Waals surface area (Å²) in [5, 5.41) is 2.17. The van der Waals surface area contributed by atoms with Gasteiger partial charge in [-0.15, -0.1) is 0 Å². The summed E-state index contributed by atoms with van der Waals surface area (Å²) in [5.41, 5.74) is 3.58. The maximum Gasteiger partial charge on any atom is 0.161 e. The van der Waals surface area contributed by atoms with E-state index in [4.69, 9.17) is 13.9 Å². The number of para-hydroxylation sites is 1. The normalized spacial score (nSPS) is 11.7. The summed E-state index contributed by atoms with van der Waals surface area (Å²) in [6, 6.07) is 19.9. The van der Waals surface area contributed by atoms with Crippen LogP contribution in [0, 0.1) is 5.92 Å². The van der Waals surface area contributed by atoms with Crippen molar-refractivity contribution in [3.05, 3.63) is 66.2 Å². The van der Waals surface area contributed by atoms with Gasteiger partial charge in [-0.2, -0.15) is 0 Å². The summed E-state index contributed by atoms with van der Waals surface area (Å²) in [6.45, 7) is 4.89. The van der Waals surface area contributed by atoms with Crippen LogP contribution in [0.5, 0.6) is 11.5 Å². The Hall–Kier alpha value is -3.27. The number of nitrogens with zero attached hydrogens (tertiary/aromatic N) is 1. The fraction of sp³-hybridized carbons (Fsp3) is 0.208. The number of benzene rings is 3. The van der Waals surface area contributed by atoms with Crippen molar-refractivity contribution < 1.29 is 13.9 Å². The Morgan fingerprint density at radius 2 is 1.75 bits per heavy atom. The molecule has 0 saturated carbocycles. The van der Waals surface area contributed by atoms with Crippen molar-refractivity contribution in [2.24, 2.45) is 10.9 Å². The molecule has 0 atom stereocenters. The van der Waals surface area contributed by atoms with E-state index in [1.807, 2.05) is 54.7 Å². The van der Waals surface area contributed by atoms with Crippen LogP contribution >= 0.6 is 0 Å². The molecule has 0 aliphatic rings. The number of aliphatic imine (C=N–C) groups is 1. The molecule has 4 aromatic rings. The van der Waals surface area contributed by atoms with Gasteiger partial charge < -0.3 is 13.9 Å². The van der Waals surface area contributed by atoms with Crippen LogP contribution in [0.2, 0.25) is 0 Å². The molecule has 0 amide bonds. The Labute approximate surface area is 164 Å². The van der Waals surface area contributed by atoms with Gasteiger partial charge in [0.15, 0.2) is 11.5 Å². The highest BCUT2D eigenvalue weighted by Gasteiger charge is 2.08. The lowest BCUT2D eigenvalue weighted by Gasteiger charge is -2.12. The molecule has 0 saturated heterocycles. The van der Waals surface area contributed by atoms with Gasteiger partial charge in [-0.3, -0.25) is 4.99 Å². The molecule has 3 aromatic carbocycles. The number of hydrogen-bond acceptors (Lipinski definition) is 4. The van der Waals surface area contributed by atoms with Crippen LogP contribution in [0.15, 0.2) is 70.1 Å². The molecular weight excluding hydrogens is 350 g/mol. The van der Waals surface area contributed by atoms with Gasteiger partial charge >= 0.3 is 0 Å². The van der Waals surface area contributed by atoms with E-state index in [9.17, 15) is 0 Å². The topological polar surface area (TPSA) is 44.0 Å². The predicted molar refractivity (Wildman–Crippen MR) is 114 cm³/mol. The van der Waals surface area contributed by atoms with Gasteiger partial charge in [-0.1, -0.05) is 32.0 Å². The van der Waals surface area contributed by atoms with E-state index in [2.05, 4.69) is 31.0 Å².